The van der Waals surface area contributed by atoms with Gasteiger partial charge in [0.05, 0.1) is 11.1 Å². The number of alkyl halides is 3. The molecule has 0 saturated carbocycles. The van der Waals surface area contributed by atoms with Gasteiger partial charge in [0.15, 0.2) is 5.78 Å². The van der Waals surface area contributed by atoms with E-state index in [1.54, 1.807) is 56.1 Å². The zero-order valence-corrected chi connectivity index (χ0v) is 24.3. The van der Waals surface area contributed by atoms with Gasteiger partial charge in [-0.25, -0.2) is 9.59 Å². The maximum Gasteiger partial charge on any atom is 0.416 e. The van der Waals surface area contributed by atoms with E-state index in [9.17, 15) is 32.7 Å². The van der Waals surface area contributed by atoms with E-state index >= 15 is 0 Å². The number of Topliss-reactive ketones (excluding diaryl/α,β-unsaturated/α-hetero) is 1. The predicted molar refractivity (Wildman–Crippen MR) is 155 cm³/mol. The Kier molecular flexibility index (Phi) is 9.42. The lowest BCUT2D eigenvalue weighted by Crippen LogP contribution is -2.50. The van der Waals surface area contributed by atoms with Gasteiger partial charge in [-0.3, -0.25) is 9.78 Å². The van der Waals surface area contributed by atoms with Crippen molar-refractivity contribution < 1.29 is 37.4 Å². The minimum Gasteiger partial charge on any atom is -0.478 e. The SMILES string of the molecule is CC(C)(C)OC(=O)N1CCN(c2cccc(C(F)(F)F)c2CC(=O)c2cccc(CCc3cncc(C(=O)O)c3)c2)CC1. The minimum absolute atomic E-state index is 0.0758. The van der Waals surface area contributed by atoms with Crippen molar-refractivity contribution in [1.29, 1.82) is 0 Å². The van der Waals surface area contributed by atoms with Gasteiger partial charge in [0, 0.05) is 56.2 Å². The molecule has 1 aliphatic heterocycles. The van der Waals surface area contributed by atoms with Gasteiger partial charge in [-0.15, -0.1) is 0 Å². The molecule has 1 fully saturated rings. The van der Waals surface area contributed by atoms with E-state index < -0.39 is 41.6 Å². The van der Waals surface area contributed by atoms with Crippen LogP contribution >= 0.6 is 0 Å². The fraction of sp³-hybridized carbons (Fsp3) is 0.375. The fourth-order valence-electron chi connectivity index (χ4n) is 4.97. The van der Waals surface area contributed by atoms with Gasteiger partial charge in [-0.05, 0) is 74.6 Å². The zero-order valence-electron chi connectivity index (χ0n) is 24.3. The number of aryl methyl sites for hydroxylation is 2. The summed E-state index contributed by atoms with van der Waals surface area (Å²) in [5.41, 5.74) is 0.542. The largest absolute Gasteiger partial charge is 0.478 e. The highest BCUT2D eigenvalue weighted by Crippen LogP contribution is 2.37. The topological polar surface area (TPSA) is 100 Å². The number of carbonyl (C=O) groups is 3. The Hall–Kier alpha value is -4.41. The summed E-state index contributed by atoms with van der Waals surface area (Å²) in [7, 11) is 0. The normalized spacial score (nSPS) is 14.0. The summed E-state index contributed by atoms with van der Waals surface area (Å²) in [4.78, 5) is 44.4. The average Bonchev–Trinajstić information content (AvgIpc) is 2.95. The van der Waals surface area contributed by atoms with Crippen LogP contribution in [0.25, 0.3) is 0 Å². The van der Waals surface area contributed by atoms with Gasteiger partial charge < -0.3 is 19.6 Å². The van der Waals surface area contributed by atoms with Crippen molar-refractivity contribution in [3.05, 3.63) is 94.3 Å². The standard InChI is InChI=1S/C32H34F3N3O5/c1-31(2,3)43-30(42)38-14-12-37(13-15-38)27-9-5-8-26(32(33,34)35)25(27)18-28(39)23-7-4-6-21(16-23)10-11-22-17-24(29(40)41)20-36-19-22/h4-9,16-17,19-20H,10-15,18H2,1-3H3,(H,40,41). The van der Waals surface area contributed by atoms with Crippen molar-refractivity contribution in [1.82, 2.24) is 9.88 Å². The number of amides is 1. The third-order valence-electron chi connectivity index (χ3n) is 7.06. The number of hydrogen-bond acceptors (Lipinski definition) is 6. The van der Waals surface area contributed by atoms with Crippen LogP contribution in [0.4, 0.5) is 23.7 Å². The number of carboxylic acids is 1. The third kappa shape index (κ3) is 8.33. The van der Waals surface area contributed by atoms with Crippen molar-refractivity contribution in [2.75, 3.05) is 31.1 Å². The number of carbonyl (C=O) groups excluding carboxylic acids is 2. The van der Waals surface area contributed by atoms with Crippen molar-refractivity contribution >= 4 is 23.5 Å². The van der Waals surface area contributed by atoms with Crippen molar-refractivity contribution in [2.45, 2.75) is 51.8 Å². The maximum absolute atomic E-state index is 14.1. The Balaban J connectivity index is 1.51. The van der Waals surface area contributed by atoms with Gasteiger partial charge in [-0.1, -0.05) is 24.3 Å². The molecule has 2 aromatic carbocycles. The van der Waals surface area contributed by atoms with Crippen LogP contribution < -0.4 is 4.90 Å². The molecule has 1 saturated heterocycles. The van der Waals surface area contributed by atoms with Crippen LogP contribution in [0, 0.1) is 0 Å². The number of hydrogen-bond donors (Lipinski definition) is 1. The molecular weight excluding hydrogens is 563 g/mol. The molecule has 11 heteroatoms. The van der Waals surface area contributed by atoms with Crippen LogP contribution in [0.5, 0.6) is 0 Å². The van der Waals surface area contributed by atoms with Crippen LogP contribution in [-0.4, -0.2) is 64.6 Å². The van der Waals surface area contributed by atoms with Crippen molar-refractivity contribution in [3.63, 3.8) is 0 Å². The Bertz CT molecular complexity index is 1490. The number of anilines is 1. The van der Waals surface area contributed by atoms with E-state index in [0.29, 0.717) is 24.1 Å². The number of ether oxygens (including phenoxy) is 1. The first-order valence-corrected chi connectivity index (χ1v) is 13.9. The number of rotatable bonds is 8. The van der Waals surface area contributed by atoms with E-state index in [0.717, 1.165) is 11.6 Å². The van der Waals surface area contributed by atoms with Gasteiger partial charge >= 0.3 is 18.2 Å². The summed E-state index contributed by atoms with van der Waals surface area (Å²) in [5.74, 6) is -1.54. The number of aromatic nitrogens is 1. The van der Waals surface area contributed by atoms with Crippen LogP contribution in [0.1, 0.15) is 63.7 Å². The summed E-state index contributed by atoms with van der Waals surface area (Å²) < 4.78 is 47.8. The minimum atomic E-state index is -4.66. The predicted octanol–water partition coefficient (Wildman–Crippen LogP) is 6.07. The number of halogens is 3. The second-order valence-corrected chi connectivity index (χ2v) is 11.4. The number of benzene rings is 2. The molecule has 0 bridgehead atoms. The van der Waals surface area contributed by atoms with E-state index in [1.807, 2.05) is 6.07 Å². The Morgan fingerprint density at radius 1 is 0.884 bits per heavy atom. The van der Waals surface area contributed by atoms with Crippen LogP contribution in [-0.2, 0) is 30.2 Å². The molecule has 43 heavy (non-hydrogen) atoms. The first-order valence-electron chi connectivity index (χ1n) is 13.9. The summed E-state index contributed by atoms with van der Waals surface area (Å²) in [6.45, 7) is 6.41. The monoisotopic (exact) mass is 597 g/mol. The Labute approximate surface area is 248 Å². The Morgan fingerprint density at radius 3 is 2.19 bits per heavy atom. The lowest BCUT2D eigenvalue weighted by atomic mass is 9.94. The molecule has 1 aromatic heterocycles. The number of ketones is 1. The van der Waals surface area contributed by atoms with Gasteiger partial charge in [0.1, 0.15) is 5.60 Å². The number of pyridine rings is 1. The number of nitrogens with zero attached hydrogens (tertiary/aromatic N) is 3. The molecule has 3 aromatic rings. The molecule has 1 amide bonds. The number of carboxylic acid groups (broad SMARTS) is 1. The highest BCUT2D eigenvalue weighted by atomic mass is 19.4. The lowest BCUT2D eigenvalue weighted by molar-refractivity contribution is -0.138. The molecule has 0 aliphatic carbocycles. The second-order valence-electron chi connectivity index (χ2n) is 11.4. The van der Waals surface area contributed by atoms with Gasteiger partial charge in [0.25, 0.3) is 0 Å². The Morgan fingerprint density at radius 2 is 1.53 bits per heavy atom. The molecule has 0 atom stereocenters. The average molecular weight is 598 g/mol. The second kappa shape index (κ2) is 12.8. The van der Waals surface area contributed by atoms with Gasteiger partial charge in [-0.2, -0.15) is 13.2 Å². The molecule has 228 valence electrons. The molecule has 1 aliphatic rings. The van der Waals surface area contributed by atoms with E-state index in [1.165, 1.54) is 23.2 Å². The molecule has 0 unspecified atom stereocenters. The first-order chi connectivity index (χ1) is 20.2. The summed E-state index contributed by atoms with van der Waals surface area (Å²) >= 11 is 0. The van der Waals surface area contributed by atoms with Crippen LogP contribution in [0.3, 0.4) is 0 Å². The maximum atomic E-state index is 14.1. The molecule has 0 spiro atoms. The quantitative estimate of drug-likeness (QED) is 0.315. The highest BCUT2D eigenvalue weighted by Gasteiger charge is 2.36. The van der Waals surface area contributed by atoms with Crippen molar-refractivity contribution in [3.8, 4) is 0 Å². The van der Waals surface area contributed by atoms with Crippen LogP contribution in [0.15, 0.2) is 60.9 Å². The van der Waals surface area contributed by atoms with Crippen LogP contribution in [0.2, 0.25) is 0 Å². The smallest absolute Gasteiger partial charge is 0.416 e. The lowest BCUT2D eigenvalue weighted by Gasteiger charge is -2.38. The fourth-order valence-corrected chi connectivity index (χ4v) is 4.97. The van der Waals surface area contributed by atoms with E-state index in [4.69, 9.17) is 4.74 Å². The van der Waals surface area contributed by atoms with E-state index in [2.05, 4.69) is 4.98 Å². The first kappa shape index (κ1) is 31.5. The summed E-state index contributed by atoms with van der Waals surface area (Å²) in [6, 6.07) is 12.2. The number of aromatic carboxylic acids is 1. The third-order valence-corrected chi connectivity index (χ3v) is 7.06. The van der Waals surface area contributed by atoms with Gasteiger partial charge in [0.2, 0.25) is 0 Å². The molecule has 8 nitrogen and oxygen atoms in total. The zero-order chi connectivity index (χ0) is 31.4. The molecule has 2 heterocycles. The molecule has 1 N–H and O–H groups in total. The molecule has 4 rings (SSSR count). The number of piperazine rings is 1. The van der Waals surface area contributed by atoms with E-state index in [-0.39, 0.29) is 42.9 Å². The molecule has 0 radical (unpaired) electrons. The molecular formula is C32H34F3N3O5. The van der Waals surface area contributed by atoms with Crippen molar-refractivity contribution in [2.24, 2.45) is 0 Å². The highest BCUT2D eigenvalue weighted by molar-refractivity contribution is 5.98. The summed E-state index contributed by atoms with van der Waals surface area (Å²) in [6.07, 6.45) is -1.79. The summed E-state index contributed by atoms with van der Waals surface area (Å²) in [5, 5.41) is 9.18.